The van der Waals surface area contributed by atoms with Crippen LogP contribution in [0.2, 0.25) is 0 Å². The van der Waals surface area contributed by atoms with Gasteiger partial charge in [-0.15, -0.1) is 23.1 Å². The Hall–Kier alpha value is -1.43. The van der Waals surface area contributed by atoms with E-state index in [2.05, 4.69) is 39.7 Å². The predicted molar refractivity (Wildman–Crippen MR) is 91.0 cm³/mol. The number of nitrogens with one attached hydrogen (secondary N) is 1. The molecule has 3 aromatic rings. The monoisotopic (exact) mass is 315 g/mol. The minimum Gasteiger partial charge on any atom is -0.311 e. The third kappa shape index (κ3) is 3.61. The van der Waals surface area contributed by atoms with Crippen LogP contribution in [0.4, 0.5) is 0 Å². The fraction of sp³-hybridized carbons (Fsp3) is 0.250. The molecule has 0 atom stereocenters. The van der Waals surface area contributed by atoms with Gasteiger partial charge in [-0.2, -0.15) is 0 Å². The van der Waals surface area contributed by atoms with Crippen molar-refractivity contribution in [3.63, 3.8) is 0 Å². The first-order valence-electron chi connectivity index (χ1n) is 6.91. The van der Waals surface area contributed by atoms with E-state index in [1.807, 2.05) is 29.5 Å². The van der Waals surface area contributed by atoms with Crippen molar-refractivity contribution in [1.82, 2.24) is 15.3 Å². The summed E-state index contributed by atoms with van der Waals surface area (Å²) in [6.07, 6.45) is 1.65. The molecule has 0 amide bonds. The average molecular weight is 315 g/mol. The molecule has 108 valence electrons. The number of hydrogen-bond acceptors (Lipinski definition) is 5. The summed E-state index contributed by atoms with van der Waals surface area (Å²) in [7, 11) is 0. The lowest BCUT2D eigenvalue weighted by Crippen LogP contribution is -2.16. The highest BCUT2D eigenvalue weighted by Crippen LogP contribution is 2.23. The molecule has 3 rings (SSSR count). The fourth-order valence-corrected chi connectivity index (χ4v) is 3.87. The lowest BCUT2D eigenvalue weighted by Gasteiger charge is -2.06. The Morgan fingerprint density at radius 1 is 1.19 bits per heavy atom. The van der Waals surface area contributed by atoms with Crippen LogP contribution in [0.1, 0.15) is 10.4 Å². The topological polar surface area (TPSA) is 37.8 Å². The number of hydrogen-bond donors (Lipinski definition) is 1. The molecular weight excluding hydrogens is 298 g/mol. The molecule has 0 radical (unpaired) electrons. The highest BCUT2D eigenvalue weighted by Gasteiger charge is 2.03. The van der Waals surface area contributed by atoms with Crippen LogP contribution in [-0.2, 0) is 6.54 Å². The quantitative estimate of drug-likeness (QED) is 0.425. The van der Waals surface area contributed by atoms with Gasteiger partial charge in [0.15, 0.2) is 0 Å². The molecule has 3 nitrogen and oxygen atoms in total. The summed E-state index contributed by atoms with van der Waals surface area (Å²) in [6, 6.07) is 10.3. The summed E-state index contributed by atoms with van der Waals surface area (Å²) >= 11 is 3.60. The van der Waals surface area contributed by atoms with Crippen LogP contribution >= 0.6 is 23.1 Å². The maximum atomic E-state index is 4.39. The largest absolute Gasteiger partial charge is 0.311 e. The predicted octanol–water partition coefficient (Wildman–Crippen LogP) is 3.88. The Morgan fingerprint density at radius 2 is 2.10 bits per heavy atom. The Kier molecular flexibility index (Phi) is 4.85. The minimum absolute atomic E-state index is 0.953. The van der Waals surface area contributed by atoms with E-state index in [0.717, 1.165) is 34.8 Å². The van der Waals surface area contributed by atoms with E-state index in [1.165, 1.54) is 10.4 Å². The van der Waals surface area contributed by atoms with E-state index in [1.54, 1.807) is 18.1 Å². The van der Waals surface area contributed by atoms with Crippen molar-refractivity contribution in [3.05, 3.63) is 52.5 Å². The number of aryl methyl sites for hydroxylation is 1. The molecule has 0 fully saturated rings. The zero-order valence-corrected chi connectivity index (χ0v) is 13.5. The van der Waals surface area contributed by atoms with Gasteiger partial charge in [0.05, 0.1) is 5.52 Å². The second-order valence-electron chi connectivity index (χ2n) is 4.75. The number of thioether (sulfide) groups is 1. The summed E-state index contributed by atoms with van der Waals surface area (Å²) in [5.41, 5.74) is 2.39. The summed E-state index contributed by atoms with van der Waals surface area (Å²) < 4.78 is 0. The van der Waals surface area contributed by atoms with Gasteiger partial charge in [0.1, 0.15) is 11.4 Å². The SMILES string of the molecule is Cc1ccsc1CNCCSc1ncnc2ccccc12. The van der Waals surface area contributed by atoms with Crippen molar-refractivity contribution >= 4 is 34.0 Å². The molecule has 21 heavy (non-hydrogen) atoms. The standard InChI is InChI=1S/C16H17N3S2/c1-12-6-8-20-15(12)10-17-7-9-21-16-13-4-2-3-5-14(13)18-11-19-16/h2-6,8,11,17H,7,9-10H2,1H3. The first-order chi connectivity index (χ1) is 10.3. The van der Waals surface area contributed by atoms with Crippen LogP contribution in [0.5, 0.6) is 0 Å². The Labute approximate surface area is 132 Å². The highest BCUT2D eigenvalue weighted by atomic mass is 32.2. The zero-order chi connectivity index (χ0) is 14.5. The van der Waals surface area contributed by atoms with Crippen molar-refractivity contribution < 1.29 is 0 Å². The number of benzene rings is 1. The van der Waals surface area contributed by atoms with Crippen molar-refractivity contribution in [2.24, 2.45) is 0 Å². The van der Waals surface area contributed by atoms with Gasteiger partial charge < -0.3 is 5.32 Å². The van der Waals surface area contributed by atoms with E-state index in [9.17, 15) is 0 Å². The summed E-state index contributed by atoms with van der Waals surface area (Å²) in [4.78, 5) is 10.1. The van der Waals surface area contributed by atoms with E-state index < -0.39 is 0 Å². The van der Waals surface area contributed by atoms with Gasteiger partial charge in [-0.3, -0.25) is 0 Å². The molecule has 0 aliphatic rings. The molecule has 2 heterocycles. The molecule has 0 saturated carbocycles. The molecule has 0 saturated heterocycles. The molecule has 0 bridgehead atoms. The van der Waals surface area contributed by atoms with Crippen LogP contribution in [-0.4, -0.2) is 22.3 Å². The maximum Gasteiger partial charge on any atom is 0.117 e. The van der Waals surface area contributed by atoms with Gasteiger partial charge in [-0.1, -0.05) is 18.2 Å². The molecule has 1 N–H and O–H groups in total. The van der Waals surface area contributed by atoms with Crippen LogP contribution < -0.4 is 5.32 Å². The molecule has 0 spiro atoms. The van der Waals surface area contributed by atoms with E-state index in [0.29, 0.717) is 0 Å². The van der Waals surface area contributed by atoms with Crippen molar-refractivity contribution in [3.8, 4) is 0 Å². The number of para-hydroxylation sites is 1. The molecule has 5 heteroatoms. The maximum absolute atomic E-state index is 4.39. The van der Waals surface area contributed by atoms with Gasteiger partial charge >= 0.3 is 0 Å². The number of thiophene rings is 1. The minimum atomic E-state index is 0.953. The number of rotatable bonds is 6. The van der Waals surface area contributed by atoms with Crippen LogP contribution in [0.15, 0.2) is 47.1 Å². The lowest BCUT2D eigenvalue weighted by molar-refractivity contribution is 0.738. The Bertz CT molecular complexity index is 719. The molecular formula is C16H17N3S2. The highest BCUT2D eigenvalue weighted by molar-refractivity contribution is 7.99. The van der Waals surface area contributed by atoms with Crippen molar-refractivity contribution in [2.75, 3.05) is 12.3 Å². The van der Waals surface area contributed by atoms with E-state index >= 15 is 0 Å². The smallest absolute Gasteiger partial charge is 0.117 e. The molecule has 0 aliphatic heterocycles. The van der Waals surface area contributed by atoms with E-state index in [-0.39, 0.29) is 0 Å². The van der Waals surface area contributed by atoms with Crippen molar-refractivity contribution in [2.45, 2.75) is 18.5 Å². The van der Waals surface area contributed by atoms with Crippen LogP contribution in [0, 0.1) is 6.92 Å². The lowest BCUT2D eigenvalue weighted by atomic mass is 10.2. The number of nitrogens with zero attached hydrogens (tertiary/aromatic N) is 2. The van der Waals surface area contributed by atoms with Gasteiger partial charge in [-0.25, -0.2) is 9.97 Å². The molecule has 2 aromatic heterocycles. The fourth-order valence-electron chi connectivity index (χ4n) is 2.10. The average Bonchev–Trinajstić information content (AvgIpc) is 2.92. The third-order valence-electron chi connectivity index (χ3n) is 3.28. The van der Waals surface area contributed by atoms with Gasteiger partial charge in [0.25, 0.3) is 0 Å². The molecule has 1 aromatic carbocycles. The first kappa shape index (κ1) is 14.5. The van der Waals surface area contributed by atoms with Crippen LogP contribution in [0.25, 0.3) is 10.9 Å². The van der Waals surface area contributed by atoms with Crippen molar-refractivity contribution in [1.29, 1.82) is 0 Å². The number of aromatic nitrogens is 2. The van der Waals surface area contributed by atoms with Crippen LogP contribution in [0.3, 0.4) is 0 Å². The first-order valence-corrected chi connectivity index (χ1v) is 8.77. The summed E-state index contributed by atoms with van der Waals surface area (Å²) in [5, 5.41) is 7.84. The third-order valence-corrected chi connectivity index (χ3v) is 5.31. The Balaban J connectivity index is 1.52. The molecule has 0 unspecified atom stereocenters. The Morgan fingerprint density at radius 3 is 2.95 bits per heavy atom. The summed E-state index contributed by atoms with van der Waals surface area (Å²) in [6.45, 7) is 4.09. The zero-order valence-electron chi connectivity index (χ0n) is 11.9. The van der Waals surface area contributed by atoms with Gasteiger partial charge in [0, 0.05) is 29.1 Å². The molecule has 0 aliphatic carbocycles. The summed E-state index contributed by atoms with van der Waals surface area (Å²) in [5.74, 6) is 1.01. The van der Waals surface area contributed by atoms with Gasteiger partial charge in [0.2, 0.25) is 0 Å². The normalized spacial score (nSPS) is 11.1. The van der Waals surface area contributed by atoms with Gasteiger partial charge in [-0.05, 0) is 30.0 Å². The second kappa shape index (κ2) is 7.02. The second-order valence-corrected chi connectivity index (χ2v) is 6.83. The van der Waals surface area contributed by atoms with E-state index in [4.69, 9.17) is 0 Å². The number of fused-ring (bicyclic) bond motifs is 1.